The molecule has 4 rings (SSSR count). The number of hydrogen-bond donors (Lipinski definition) is 1. The first kappa shape index (κ1) is 21.4. The van der Waals surface area contributed by atoms with Gasteiger partial charge in [-0.25, -0.2) is 0 Å². The Morgan fingerprint density at radius 1 is 1.10 bits per heavy atom. The molecule has 4 aromatic rings. The number of benzene rings is 2. The Bertz CT molecular complexity index is 1180. The number of rotatable bonds is 7. The molecule has 31 heavy (non-hydrogen) atoms. The van der Waals surface area contributed by atoms with Crippen molar-refractivity contribution in [2.45, 2.75) is 20.1 Å². The molecule has 1 amide bonds. The van der Waals surface area contributed by atoms with Crippen molar-refractivity contribution in [2.24, 2.45) is 0 Å². The number of aryl methyl sites for hydroxylation is 1. The molecular weight excluding hydrogens is 453 g/mol. The molecule has 0 spiro atoms. The third-order valence-corrected chi connectivity index (χ3v) is 6.02. The molecule has 0 atom stereocenters. The van der Waals surface area contributed by atoms with Gasteiger partial charge in [0.15, 0.2) is 5.82 Å². The van der Waals surface area contributed by atoms with Gasteiger partial charge in [-0.2, -0.15) is 5.10 Å². The van der Waals surface area contributed by atoms with E-state index >= 15 is 0 Å². The van der Waals surface area contributed by atoms with Gasteiger partial charge in [-0.3, -0.25) is 9.48 Å². The number of anilines is 1. The van der Waals surface area contributed by atoms with E-state index in [1.54, 1.807) is 41.2 Å². The van der Waals surface area contributed by atoms with Gasteiger partial charge in [0.2, 0.25) is 0 Å². The Morgan fingerprint density at radius 2 is 1.84 bits per heavy atom. The summed E-state index contributed by atoms with van der Waals surface area (Å²) in [6.45, 7) is 2.97. The first-order valence-electron chi connectivity index (χ1n) is 9.52. The Balaban J connectivity index is 1.36. The molecule has 0 radical (unpaired) electrons. The zero-order chi connectivity index (χ0) is 21.8. The first-order valence-corrected chi connectivity index (χ1v) is 11.2. The molecule has 2 aromatic heterocycles. The number of nitrogens with zero attached hydrogens (tertiary/aromatic N) is 2. The van der Waals surface area contributed by atoms with E-state index in [1.165, 1.54) is 16.9 Å². The average molecular weight is 472 g/mol. The smallest absolute Gasteiger partial charge is 0.266 e. The zero-order valence-corrected chi connectivity index (χ0v) is 19.0. The lowest BCUT2D eigenvalue weighted by molar-refractivity contribution is 0.103. The molecule has 0 aliphatic heterocycles. The zero-order valence-electron chi connectivity index (χ0n) is 16.6. The van der Waals surface area contributed by atoms with Gasteiger partial charge in [-0.05, 0) is 48.2 Å². The van der Waals surface area contributed by atoms with E-state index in [4.69, 9.17) is 27.9 Å². The van der Waals surface area contributed by atoms with Crippen molar-refractivity contribution in [3.8, 4) is 5.75 Å². The van der Waals surface area contributed by atoms with Crippen LogP contribution in [0.1, 0.15) is 26.4 Å². The van der Waals surface area contributed by atoms with Crippen molar-refractivity contribution < 1.29 is 9.53 Å². The Kier molecular flexibility index (Phi) is 6.61. The molecule has 158 valence electrons. The number of amides is 1. The van der Waals surface area contributed by atoms with E-state index in [9.17, 15) is 4.79 Å². The van der Waals surface area contributed by atoms with Crippen LogP contribution in [0, 0.1) is 6.92 Å². The number of nitrogens with one attached hydrogen (secondary N) is 1. The van der Waals surface area contributed by atoms with Crippen molar-refractivity contribution in [2.75, 3.05) is 5.32 Å². The van der Waals surface area contributed by atoms with Crippen LogP contribution in [-0.4, -0.2) is 15.7 Å². The van der Waals surface area contributed by atoms with Crippen LogP contribution in [-0.2, 0) is 13.2 Å². The number of hydrogen-bond acceptors (Lipinski definition) is 4. The Labute approximate surface area is 194 Å². The van der Waals surface area contributed by atoms with Gasteiger partial charge >= 0.3 is 0 Å². The lowest BCUT2D eigenvalue weighted by atomic mass is 10.1. The number of ether oxygens (including phenoxy) is 1. The molecular formula is C23H19Cl2N3O2S. The molecule has 0 aliphatic carbocycles. The second kappa shape index (κ2) is 9.56. The summed E-state index contributed by atoms with van der Waals surface area (Å²) in [6, 6.07) is 17.1. The maximum atomic E-state index is 12.6. The van der Waals surface area contributed by atoms with Gasteiger partial charge < -0.3 is 10.1 Å². The first-order chi connectivity index (χ1) is 15.0. The van der Waals surface area contributed by atoms with Crippen LogP contribution in [0.5, 0.6) is 5.75 Å². The Morgan fingerprint density at radius 3 is 2.58 bits per heavy atom. The minimum Gasteiger partial charge on any atom is -0.489 e. The molecule has 2 aromatic carbocycles. The molecule has 5 nitrogen and oxygen atoms in total. The fourth-order valence-corrected chi connectivity index (χ4v) is 4.00. The number of thiophene rings is 1. The number of carbonyl (C=O) groups is 1. The highest BCUT2D eigenvalue weighted by Crippen LogP contribution is 2.23. The molecule has 0 bridgehead atoms. The number of carbonyl (C=O) groups excluding carboxylic acids is 1. The monoisotopic (exact) mass is 471 g/mol. The van der Waals surface area contributed by atoms with E-state index in [0.29, 0.717) is 39.6 Å². The predicted octanol–water partition coefficient (Wildman–Crippen LogP) is 6.44. The van der Waals surface area contributed by atoms with Gasteiger partial charge in [0.05, 0.1) is 11.4 Å². The van der Waals surface area contributed by atoms with Crippen LogP contribution >= 0.6 is 34.5 Å². The van der Waals surface area contributed by atoms with Crippen molar-refractivity contribution in [3.05, 3.63) is 97.8 Å². The topological polar surface area (TPSA) is 56.2 Å². The van der Waals surface area contributed by atoms with Crippen molar-refractivity contribution in [1.82, 2.24) is 9.78 Å². The van der Waals surface area contributed by atoms with Crippen LogP contribution in [0.15, 0.2) is 66.2 Å². The van der Waals surface area contributed by atoms with Crippen LogP contribution in [0.25, 0.3) is 0 Å². The largest absolute Gasteiger partial charge is 0.489 e. The summed E-state index contributed by atoms with van der Waals surface area (Å²) in [5.74, 6) is 0.795. The molecule has 0 saturated heterocycles. The van der Waals surface area contributed by atoms with Gasteiger partial charge in [-0.15, -0.1) is 11.3 Å². The molecule has 8 heteroatoms. The highest BCUT2D eigenvalue weighted by atomic mass is 35.5. The molecule has 2 heterocycles. The molecule has 0 aliphatic rings. The molecule has 0 unspecified atom stereocenters. The average Bonchev–Trinajstić information content (AvgIpc) is 3.36. The molecule has 0 fully saturated rings. The van der Waals surface area contributed by atoms with Gasteiger partial charge in [0.1, 0.15) is 17.4 Å². The van der Waals surface area contributed by atoms with Crippen LogP contribution in [0.3, 0.4) is 0 Å². The van der Waals surface area contributed by atoms with Crippen LogP contribution in [0.4, 0.5) is 5.82 Å². The third-order valence-electron chi connectivity index (χ3n) is 4.51. The minimum atomic E-state index is -0.259. The lowest BCUT2D eigenvalue weighted by Crippen LogP contribution is -2.11. The van der Waals surface area contributed by atoms with Gasteiger partial charge in [0, 0.05) is 16.8 Å². The fraction of sp³-hybridized carbons (Fsp3) is 0.130. The Hall–Kier alpha value is -2.80. The molecule has 0 saturated carbocycles. The quantitative estimate of drug-likeness (QED) is 0.337. The van der Waals surface area contributed by atoms with Crippen LogP contribution < -0.4 is 10.1 Å². The number of aromatic nitrogens is 2. The minimum absolute atomic E-state index is 0.259. The third kappa shape index (κ3) is 5.67. The summed E-state index contributed by atoms with van der Waals surface area (Å²) >= 11 is 13.5. The van der Waals surface area contributed by atoms with E-state index < -0.39 is 0 Å². The van der Waals surface area contributed by atoms with Gasteiger partial charge in [-0.1, -0.05) is 53.0 Å². The highest BCUT2D eigenvalue weighted by Gasteiger charge is 2.15. The summed E-state index contributed by atoms with van der Waals surface area (Å²) in [5.41, 5.74) is 3.21. The van der Waals surface area contributed by atoms with Gasteiger partial charge in [0.25, 0.3) is 5.91 Å². The van der Waals surface area contributed by atoms with Crippen molar-refractivity contribution in [3.63, 3.8) is 0 Å². The predicted molar refractivity (Wildman–Crippen MR) is 126 cm³/mol. The maximum Gasteiger partial charge on any atom is 0.266 e. The maximum absolute atomic E-state index is 12.6. The molecule has 1 N–H and O–H groups in total. The number of halogens is 2. The highest BCUT2D eigenvalue weighted by molar-refractivity contribution is 7.12. The van der Waals surface area contributed by atoms with E-state index in [2.05, 4.69) is 10.4 Å². The van der Waals surface area contributed by atoms with Crippen LogP contribution in [0.2, 0.25) is 10.0 Å². The summed E-state index contributed by atoms with van der Waals surface area (Å²) in [6.07, 6.45) is 1.71. The fourth-order valence-electron chi connectivity index (χ4n) is 2.88. The normalized spacial score (nSPS) is 10.8. The van der Waals surface area contributed by atoms with E-state index in [-0.39, 0.29) is 5.91 Å². The summed E-state index contributed by atoms with van der Waals surface area (Å²) in [7, 11) is 0. The summed E-state index contributed by atoms with van der Waals surface area (Å²) in [5, 5.41) is 10.1. The van der Waals surface area contributed by atoms with E-state index in [1.807, 2.05) is 36.6 Å². The SMILES string of the molecule is Cc1ccc(Cn2cc(Cl)c(NC(=O)c3cc(COc4ccc(Cl)cc4)cs3)n2)cc1. The summed E-state index contributed by atoms with van der Waals surface area (Å²) < 4.78 is 7.44. The second-order valence-electron chi connectivity index (χ2n) is 7.02. The standard InChI is InChI=1S/C23H19Cl2N3O2S/c1-15-2-4-16(5-3-15)11-28-12-20(25)22(27-28)26-23(29)21-10-17(14-31-21)13-30-19-8-6-18(24)7-9-19/h2-10,12,14H,11,13H2,1H3,(H,26,27,29). The summed E-state index contributed by atoms with van der Waals surface area (Å²) in [4.78, 5) is 13.2. The second-order valence-corrected chi connectivity index (χ2v) is 8.78. The van der Waals surface area contributed by atoms with Crippen molar-refractivity contribution in [1.29, 1.82) is 0 Å². The lowest BCUT2D eigenvalue weighted by Gasteiger charge is -2.04. The van der Waals surface area contributed by atoms with Crippen molar-refractivity contribution >= 4 is 46.3 Å². The van der Waals surface area contributed by atoms with E-state index in [0.717, 1.165) is 11.1 Å².